The molecule has 1 saturated heterocycles. The van der Waals surface area contributed by atoms with Crippen LogP contribution in [0.2, 0.25) is 0 Å². The number of nitrogens with zero attached hydrogens (tertiary/aromatic N) is 2. The fourth-order valence-electron chi connectivity index (χ4n) is 2.03. The lowest BCUT2D eigenvalue weighted by Gasteiger charge is -2.27. The van der Waals surface area contributed by atoms with Crippen molar-refractivity contribution in [2.24, 2.45) is 0 Å². The molecule has 1 aliphatic heterocycles. The van der Waals surface area contributed by atoms with Crippen LogP contribution in [0.4, 0.5) is 5.69 Å². The number of nitro groups is 1. The third-order valence-corrected chi connectivity index (χ3v) is 2.96. The summed E-state index contributed by atoms with van der Waals surface area (Å²) in [6.07, 6.45) is 0. The van der Waals surface area contributed by atoms with Crippen LogP contribution >= 0.6 is 0 Å². The lowest BCUT2D eigenvalue weighted by Crippen LogP contribution is -2.50. The molecule has 8 heteroatoms. The first-order valence-electron chi connectivity index (χ1n) is 5.92. The first kappa shape index (κ1) is 13.8. The number of methoxy groups -OCH3 is 1. The van der Waals surface area contributed by atoms with Crippen molar-refractivity contribution in [3.8, 4) is 5.75 Å². The number of carbonyl (C=O) groups is 2. The van der Waals surface area contributed by atoms with E-state index in [1.165, 1.54) is 30.2 Å². The van der Waals surface area contributed by atoms with Crippen molar-refractivity contribution in [3.63, 3.8) is 0 Å². The van der Waals surface area contributed by atoms with Gasteiger partial charge in [-0.25, -0.2) is 0 Å². The maximum atomic E-state index is 12.4. The zero-order valence-electron chi connectivity index (χ0n) is 10.8. The Balaban J connectivity index is 2.42. The second-order valence-corrected chi connectivity index (χ2v) is 4.19. The topological polar surface area (TPSA) is 102 Å². The summed E-state index contributed by atoms with van der Waals surface area (Å²) in [5, 5.41) is 13.6. The van der Waals surface area contributed by atoms with Crippen molar-refractivity contribution in [2.45, 2.75) is 0 Å². The zero-order chi connectivity index (χ0) is 14.7. The van der Waals surface area contributed by atoms with Gasteiger partial charge in [-0.2, -0.15) is 0 Å². The lowest BCUT2D eigenvalue weighted by molar-refractivity contribution is -0.385. The molecule has 1 fully saturated rings. The highest BCUT2D eigenvalue weighted by Crippen LogP contribution is 2.29. The molecule has 8 nitrogen and oxygen atoms in total. The summed E-state index contributed by atoms with van der Waals surface area (Å²) < 4.78 is 5.02. The largest absolute Gasteiger partial charge is 0.496 e. The van der Waals surface area contributed by atoms with Crippen LogP contribution in [0.1, 0.15) is 10.4 Å². The number of hydrogen-bond acceptors (Lipinski definition) is 5. The molecule has 0 radical (unpaired) electrons. The quantitative estimate of drug-likeness (QED) is 0.628. The van der Waals surface area contributed by atoms with Gasteiger partial charge in [-0.05, 0) is 6.07 Å². The number of nitrogens with one attached hydrogen (secondary N) is 1. The van der Waals surface area contributed by atoms with E-state index >= 15 is 0 Å². The van der Waals surface area contributed by atoms with Crippen molar-refractivity contribution in [1.82, 2.24) is 10.2 Å². The first-order chi connectivity index (χ1) is 9.54. The molecule has 1 aromatic carbocycles. The Morgan fingerprint density at radius 1 is 1.50 bits per heavy atom. The summed E-state index contributed by atoms with van der Waals surface area (Å²) in [6, 6.07) is 4.15. The molecule has 20 heavy (non-hydrogen) atoms. The van der Waals surface area contributed by atoms with Gasteiger partial charge in [0, 0.05) is 19.2 Å². The number of hydrogen-bond donors (Lipinski definition) is 1. The standard InChI is InChI=1S/C12H13N3O5/c1-20-9-4-2-3-8(15(18)19)11(9)12(17)14-6-5-13-10(16)7-14/h2-4H,5-7H2,1H3,(H,13,16). The van der Waals surface area contributed by atoms with Gasteiger partial charge in [0.2, 0.25) is 5.91 Å². The fraction of sp³-hybridized carbons (Fsp3) is 0.333. The summed E-state index contributed by atoms with van der Waals surface area (Å²) in [5.74, 6) is -0.749. The number of rotatable bonds is 3. The molecule has 0 aliphatic carbocycles. The van der Waals surface area contributed by atoms with Crippen molar-refractivity contribution in [2.75, 3.05) is 26.7 Å². The normalized spacial score (nSPS) is 14.7. The van der Waals surface area contributed by atoms with E-state index in [4.69, 9.17) is 4.74 Å². The molecule has 1 aliphatic rings. The molecule has 0 unspecified atom stereocenters. The van der Waals surface area contributed by atoms with Crippen LogP contribution in [0, 0.1) is 10.1 Å². The van der Waals surface area contributed by atoms with Gasteiger partial charge in [0.25, 0.3) is 11.6 Å². The maximum Gasteiger partial charge on any atom is 0.285 e. The second-order valence-electron chi connectivity index (χ2n) is 4.19. The molecule has 0 bridgehead atoms. The number of benzene rings is 1. The van der Waals surface area contributed by atoms with Crippen LogP contribution in [0.15, 0.2) is 18.2 Å². The van der Waals surface area contributed by atoms with Crippen LogP contribution in [-0.4, -0.2) is 48.4 Å². The third-order valence-electron chi connectivity index (χ3n) is 2.96. The van der Waals surface area contributed by atoms with Gasteiger partial charge in [-0.3, -0.25) is 19.7 Å². The molecule has 0 saturated carbocycles. The van der Waals surface area contributed by atoms with Gasteiger partial charge in [0.05, 0.1) is 18.6 Å². The van der Waals surface area contributed by atoms with E-state index in [0.29, 0.717) is 13.1 Å². The lowest BCUT2D eigenvalue weighted by atomic mass is 10.1. The fourth-order valence-corrected chi connectivity index (χ4v) is 2.03. The van der Waals surface area contributed by atoms with Crippen LogP contribution in [0.3, 0.4) is 0 Å². The minimum atomic E-state index is -0.639. The van der Waals surface area contributed by atoms with Crippen molar-refractivity contribution < 1.29 is 19.2 Å². The summed E-state index contributed by atoms with van der Waals surface area (Å²) in [4.78, 5) is 35.4. The van der Waals surface area contributed by atoms with E-state index in [-0.39, 0.29) is 29.5 Å². The third kappa shape index (κ3) is 2.53. The van der Waals surface area contributed by atoms with Crippen LogP contribution in [0.5, 0.6) is 5.75 Å². The molecule has 1 N–H and O–H groups in total. The molecule has 1 heterocycles. The molecule has 2 rings (SSSR count). The molecule has 0 spiro atoms. The second kappa shape index (κ2) is 5.55. The molecule has 0 atom stereocenters. The van der Waals surface area contributed by atoms with E-state index in [1.807, 2.05) is 0 Å². The van der Waals surface area contributed by atoms with Gasteiger partial charge in [-0.15, -0.1) is 0 Å². The highest BCUT2D eigenvalue weighted by Gasteiger charge is 2.30. The SMILES string of the molecule is COc1cccc([N+](=O)[O-])c1C(=O)N1CCNC(=O)C1. The van der Waals surface area contributed by atoms with Crippen LogP contribution < -0.4 is 10.1 Å². The number of nitro benzene ring substituents is 1. The Hall–Kier alpha value is -2.64. The highest BCUT2D eigenvalue weighted by atomic mass is 16.6. The molecule has 2 amide bonds. The predicted octanol–water partition coefficient (Wildman–Crippen LogP) is 0.175. The molecular formula is C12H13N3O5. The Kier molecular flexibility index (Phi) is 3.83. The van der Waals surface area contributed by atoms with E-state index in [9.17, 15) is 19.7 Å². The summed E-state index contributed by atoms with van der Waals surface area (Å²) in [7, 11) is 1.33. The summed E-state index contributed by atoms with van der Waals surface area (Å²) in [6.45, 7) is 0.515. The van der Waals surface area contributed by atoms with E-state index in [0.717, 1.165) is 0 Å². The van der Waals surface area contributed by atoms with E-state index in [1.54, 1.807) is 0 Å². The minimum Gasteiger partial charge on any atom is -0.496 e. The Morgan fingerprint density at radius 3 is 2.85 bits per heavy atom. The highest BCUT2D eigenvalue weighted by molar-refractivity contribution is 6.02. The summed E-state index contributed by atoms with van der Waals surface area (Å²) in [5.41, 5.74) is -0.463. The van der Waals surface area contributed by atoms with Crippen molar-refractivity contribution >= 4 is 17.5 Å². The Bertz CT molecular complexity index is 572. The number of amides is 2. The number of carbonyl (C=O) groups excluding carboxylic acids is 2. The van der Waals surface area contributed by atoms with E-state index < -0.39 is 10.8 Å². The van der Waals surface area contributed by atoms with Crippen molar-refractivity contribution in [1.29, 1.82) is 0 Å². The first-order valence-corrected chi connectivity index (χ1v) is 5.92. The van der Waals surface area contributed by atoms with Gasteiger partial charge in [-0.1, -0.05) is 6.07 Å². The molecule has 0 aromatic heterocycles. The van der Waals surface area contributed by atoms with Gasteiger partial charge >= 0.3 is 0 Å². The van der Waals surface area contributed by atoms with Gasteiger partial charge < -0.3 is 15.0 Å². The Morgan fingerprint density at radius 2 is 2.25 bits per heavy atom. The monoisotopic (exact) mass is 279 g/mol. The molecule has 1 aromatic rings. The minimum absolute atomic E-state index is 0.117. The van der Waals surface area contributed by atoms with E-state index in [2.05, 4.69) is 5.32 Å². The zero-order valence-corrected chi connectivity index (χ0v) is 10.8. The smallest absolute Gasteiger partial charge is 0.285 e. The van der Waals surface area contributed by atoms with Crippen LogP contribution in [0.25, 0.3) is 0 Å². The van der Waals surface area contributed by atoms with Crippen LogP contribution in [-0.2, 0) is 4.79 Å². The average molecular weight is 279 g/mol. The van der Waals surface area contributed by atoms with Gasteiger partial charge in [0.15, 0.2) is 5.56 Å². The number of piperazine rings is 1. The van der Waals surface area contributed by atoms with Gasteiger partial charge in [0.1, 0.15) is 5.75 Å². The maximum absolute atomic E-state index is 12.4. The average Bonchev–Trinajstić information content (AvgIpc) is 2.45. The predicted molar refractivity (Wildman–Crippen MR) is 68.6 cm³/mol. The summed E-state index contributed by atoms with van der Waals surface area (Å²) >= 11 is 0. The van der Waals surface area contributed by atoms with Crippen molar-refractivity contribution in [3.05, 3.63) is 33.9 Å². The number of ether oxygens (including phenoxy) is 1. The molecular weight excluding hydrogens is 266 g/mol. The Labute approximate surface area is 114 Å². The molecule has 106 valence electrons.